The Morgan fingerprint density at radius 1 is 1.12 bits per heavy atom. The predicted molar refractivity (Wildman–Crippen MR) is 81.6 cm³/mol. The van der Waals surface area contributed by atoms with Crippen LogP contribution in [0, 0.1) is 5.92 Å². The van der Waals surface area contributed by atoms with E-state index < -0.39 is 23.6 Å². The van der Waals surface area contributed by atoms with Crippen LogP contribution in [0.3, 0.4) is 0 Å². The van der Waals surface area contributed by atoms with Gasteiger partial charge < -0.3 is 0 Å². The van der Waals surface area contributed by atoms with Crippen molar-refractivity contribution >= 4 is 17.6 Å². The Bertz CT molecular complexity index is 700. The van der Waals surface area contributed by atoms with Crippen molar-refractivity contribution in [1.82, 2.24) is 9.99 Å². The number of pyridine rings is 1. The largest absolute Gasteiger partial charge is 0.418 e. The maximum Gasteiger partial charge on any atom is 0.418 e. The molecule has 0 saturated heterocycles. The van der Waals surface area contributed by atoms with Crippen LogP contribution < -0.4 is 5.43 Å². The molecule has 24 heavy (non-hydrogen) atoms. The molecule has 8 heteroatoms. The summed E-state index contributed by atoms with van der Waals surface area (Å²) in [7, 11) is 0. The van der Waals surface area contributed by atoms with Crippen LogP contribution in [0.15, 0.2) is 23.3 Å². The molecular weight excluding hydrogens is 323 g/mol. The summed E-state index contributed by atoms with van der Waals surface area (Å²) in [6.07, 6.45) is -4.38. The number of alkyl halides is 3. The normalized spacial score (nSPS) is 15.8. The van der Waals surface area contributed by atoms with Gasteiger partial charge in [-0.05, 0) is 38.3 Å². The van der Waals surface area contributed by atoms with Crippen molar-refractivity contribution in [3.8, 4) is 0 Å². The van der Waals surface area contributed by atoms with Crippen LogP contribution in [0.1, 0.15) is 39.0 Å². The fourth-order valence-corrected chi connectivity index (χ4v) is 2.33. The van der Waals surface area contributed by atoms with Crippen LogP contribution in [0.25, 0.3) is 0 Å². The Labute approximate surface area is 137 Å². The fourth-order valence-electron chi connectivity index (χ4n) is 2.33. The second-order valence-corrected chi connectivity index (χ2v) is 6.09. The maximum atomic E-state index is 13.1. The molecule has 0 aliphatic carbocycles. The van der Waals surface area contributed by atoms with Crippen molar-refractivity contribution in [2.45, 2.75) is 40.3 Å². The Kier molecular flexibility index (Phi) is 4.68. The van der Waals surface area contributed by atoms with Crippen molar-refractivity contribution in [2.24, 2.45) is 5.92 Å². The minimum atomic E-state index is -4.51. The molecule has 1 aliphatic rings. The molecule has 2 amide bonds. The summed E-state index contributed by atoms with van der Waals surface area (Å²) >= 11 is 0. The van der Waals surface area contributed by atoms with Gasteiger partial charge in [0.25, 0.3) is 11.8 Å². The highest BCUT2D eigenvalue weighted by Crippen LogP contribution is 2.33. The van der Waals surface area contributed by atoms with E-state index in [0.29, 0.717) is 11.1 Å². The first-order chi connectivity index (χ1) is 11.0. The molecule has 1 N–H and O–H groups in total. The van der Waals surface area contributed by atoms with Crippen LogP contribution in [-0.4, -0.2) is 21.8 Å². The Balaban J connectivity index is 2.33. The fraction of sp³-hybridized carbons (Fsp3) is 0.438. The number of carbonyl (C=O) groups is 2. The Morgan fingerprint density at radius 2 is 1.67 bits per heavy atom. The van der Waals surface area contributed by atoms with Crippen LogP contribution in [0.5, 0.6) is 0 Å². The number of nitrogens with one attached hydrogen (secondary N) is 1. The number of halogens is 3. The van der Waals surface area contributed by atoms with Crippen molar-refractivity contribution < 1.29 is 22.8 Å². The van der Waals surface area contributed by atoms with Crippen molar-refractivity contribution in [3.63, 3.8) is 0 Å². The number of imide groups is 1. The van der Waals surface area contributed by atoms with Crippen LogP contribution in [0.4, 0.5) is 19.0 Å². The van der Waals surface area contributed by atoms with Crippen LogP contribution in [-0.2, 0) is 22.2 Å². The molecule has 5 nitrogen and oxygen atoms in total. The van der Waals surface area contributed by atoms with E-state index in [2.05, 4.69) is 10.4 Å². The molecule has 0 saturated carbocycles. The van der Waals surface area contributed by atoms with Gasteiger partial charge in [-0.15, -0.1) is 0 Å². The number of hydrogen-bond acceptors (Lipinski definition) is 4. The monoisotopic (exact) mass is 341 g/mol. The number of hydrogen-bond donors (Lipinski definition) is 1. The van der Waals surface area contributed by atoms with Gasteiger partial charge in [0.1, 0.15) is 5.82 Å². The van der Waals surface area contributed by atoms with Gasteiger partial charge in [-0.25, -0.2) is 4.98 Å². The van der Waals surface area contributed by atoms with Gasteiger partial charge in [0, 0.05) is 11.1 Å². The first-order valence-electron chi connectivity index (χ1n) is 7.42. The highest BCUT2D eigenvalue weighted by atomic mass is 19.4. The molecule has 1 aromatic heterocycles. The molecule has 0 radical (unpaired) electrons. The lowest BCUT2D eigenvalue weighted by Crippen LogP contribution is -2.37. The quantitative estimate of drug-likeness (QED) is 0.854. The summed E-state index contributed by atoms with van der Waals surface area (Å²) in [5.41, 5.74) is 2.16. The highest BCUT2D eigenvalue weighted by Gasteiger charge is 2.36. The number of anilines is 1. The van der Waals surface area contributed by atoms with E-state index >= 15 is 0 Å². The van der Waals surface area contributed by atoms with Gasteiger partial charge in [-0.3, -0.25) is 15.0 Å². The molecular formula is C16H18F3N3O2. The third-order valence-corrected chi connectivity index (χ3v) is 3.72. The molecule has 0 spiro atoms. The van der Waals surface area contributed by atoms with Gasteiger partial charge in [-0.1, -0.05) is 13.8 Å². The van der Waals surface area contributed by atoms with E-state index in [1.807, 2.05) is 0 Å². The zero-order valence-electron chi connectivity index (χ0n) is 13.8. The smallest absolute Gasteiger partial charge is 0.271 e. The molecule has 0 unspecified atom stereocenters. The van der Waals surface area contributed by atoms with Gasteiger partial charge in [-0.2, -0.15) is 18.2 Å². The molecule has 130 valence electrons. The zero-order chi connectivity index (χ0) is 18.2. The van der Waals surface area contributed by atoms with Gasteiger partial charge in [0.15, 0.2) is 0 Å². The summed E-state index contributed by atoms with van der Waals surface area (Å²) in [6.45, 7) is 6.60. The highest BCUT2D eigenvalue weighted by molar-refractivity contribution is 6.19. The van der Waals surface area contributed by atoms with Gasteiger partial charge in [0.05, 0.1) is 11.3 Å². The number of carbonyl (C=O) groups excluding carboxylic acids is 2. The average molecular weight is 341 g/mol. The van der Waals surface area contributed by atoms with Crippen molar-refractivity contribution in [3.05, 3.63) is 34.5 Å². The maximum absolute atomic E-state index is 13.1. The summed E-state index contributed by atoms with van der Waals surface area (Å²) in [5.74, 6) is -1.09. The van der Waals surface area contributed by atoms with E-state index in [-0.39, 0.29) is 23.9 Å². The summed E-state index contributed by atoms with van der Waals surface area (Å²) in [4.78, 5) is 28.0. The lowest BCUT2D eigenvalue weighted by atomic mass is 10.0. The van der Waals surface area contributed by atoms with Crippen molar-refractivity contribution in [1.29, 1.82) is 0 Å². The van der Waals surface area contributed by atoms with Gasteiger partial charge >= 0.3 is 6.18 Å². The van der Waals surface area contributed by atoms with Crippen LogP contribution in [0.2, 0.25) is 0 Å². The Morgan fingerprint density at radius 3 is 2.12 bits per heavy atom. The summed E-state index contributed by atoms with van der Waals surface area (Å²) < 4.78 is 39.2. The molecule has 1 aliphatic heterocycles. The lowest BCUT2D eigenvalue weighted by molar-refractivity contribution is -0.139. The van der Waals surface area contributed by atoms with Crippen LogP contribution >= 0.6 is 0 Å². The first kappa shape index (κ1) is 18.0. The topological polar surface area (TPSA) is 62.3 Å². The average Bonchev–Trinajstić information content (AvgIpc) is 2.63. The number of rotatable bonds is 4. The molecule has 2 heterocycles. The third-order valence-electron chi connectivity index (χ3n) is 3.72. The number of aromatic nitrogens is 1. The third kappa shape index (κ3) is 3.42. The minimum Gasteiger partial charge on any atom is -0.271 e. The number of amides is 2. The Hall–Kier alpha value is -2.38. The predicted octanol–water partition coefficient (Wildman–Crippen LogP) is 3.33. The second-order valence-electron chi connectivity index (χ2n) is 6.09. The lowest BCUT2D eigenvalue weighted by Gasteiger charge is -2.19. The van der Waals surface area contributed by atoms with E-state index in [4.69, 9.17) is 0 Å². The standard InChI is InChI=1S/C16H18F3N3O2/c1-8(2)7-12-11(16(17,18)19)5-6-13(20-12)21-22-14(23)9(3)10(4)15(22)24/h5-6,8H,7H2,1-4H3,(H,20,21). The van der Waals surface area contributed by atoms with Crippen molar-refractivity contribution in [2.75, 3.05) is 5.43 Å². The SMILES string of the molecule is CC1=C(C)C(=O)N(Nc2ccc(C(F)(F)F)c(CC(C)C)n2)C1=O. The second kappa shape index (κ2) is 6.26. The first-order valence-corrected chi connectivity index (χ1v) is 7.42. The number of nitrogens with zero attached hydrogens (tertiary/aromatic N) is 2. The minimum absolute atomic E-state index is 0.0165. The van der Waals surface area contributed by atoms with E-state index in [0.717, 1.165) is 17.1 Å². The zero-order valence-corrected chi connectivity index (χ0v) is 13.8. The molecule has 0 atom stereocenters. The molecule has 0 aromatic carbocycles. The molecule has 0 fully saturated rings. The van der Waals surface area contributed by atoms with E-state index in [1.54, 1.807) is 13.8 Å². The summed E-state index contributed by atoms with van der Waals surface area (Å²) in [6, 6.07) is 2.02. The van der Waals surface area contributed by atoms with Gasteiger partial charge in [0.2, 0.25) is 0 Å². The van der Waals surface area contributed by atoms with E-state index in [1.165, 1.54) is 13.8 Å². The molecule has 2 rings (SSSR count). The summed E-state index contributed by atoms with van der Waals surface area (Å²) in [5, 5.41) is 0.763. The molecule has 0 bridgehead atoms. The van der Waals surface area contributed by atoms with E-state index in [9.17, 15) is 22.8 Å². The molecule has 1 aromatic rings. The number of hydrazine groups is 1.